The first-order chi connectivity index (χ1) is 8.16. The fraction of sp³-hybridized carbons (Fsp3) is 0.923. The number of rotatable bonds is 6. The van der Waals surface area contributed by atoms with Gasteiger partial charge in [-0.1, -0.05) is 19.8 Å². The van der Waals surface area contributed by atoms with Crippen LogP contribution >= 0.6 is 12.4 Å². The molecule has 0 aromatic carbocycles. The van der Waals surface area contributed by atoms with E-state index in [0.29, 0.717) is 13.2 Å². The molecule has 1 saturated heterocycles. The molecule has 0 aromatic heterocycles. The molecule has 108 valence electrons. The molecule has 0 radical (unpaired) electrons. The van der Waals surface area contributed by atoms with Crippen molar-refractivity contribution >= 4 is 18.3 Å². The van der Waals surface area contributed by atoms with Crippen molar-refractivity contribution in [3.05, 3.63) is 0 Å². The second kappa shape index (κ2) is 9.59. The molecule has 0 aromatic rings. The maximum absolute atomic E-state index is 12.3. The molecule has 0 bridgehead atoms. The smallest absolute Gasteiger partial charge is 0.253 e. The van der Waals surface area contributed by atoms with E-state index in [2.05, 4.69) is 26.1 Å². The zero-order valence-corrected chi connectivity index (χ0v) is 12.6. The van der Waals surface area contributed by atoms with Crippen molar-refractivity contribution < 1.29 is 9.53 Å². The number of nitrogens with zero attached hydrogens (tertiary/aromatic N) is 1. The minimum absolute atomic E-state index is 0. The molecule has 4 nitrogen and oxygen atoms in total. The average Bonchev–Trinajstić information content (AvgIpc) is 2.34. The number of morpholine rings is 1. The summed E-state index contributed by atoms with van der Waals surface area (Å²) in [5.74, 6) is 0.142. The lowest BCUT2D eigenvalue weighted by Crippen LogP contribution is -2.51. The number of carbonyl (C=O) groups excluding carboxylic acids is 1. The molecule has 5 heteroatoms. The van der Waals surface area contributed by atoms with E-state index in [1.165, 1.54) is 12.8 Å². The van der Waals surface area contributed by atoms with Crippen molar-refractivity contribution in [3.63, 3.8) is 0 Å². The summed E-state index contributed by atoms with van der Waals surface area (Å²) < 4.78 is 5.52. The summed E-state index contributed by atoms with van der Waals surface area (Å²) in [6.07, 6.45) is 3.16. The number of unbranched alkanes of at least 4 members (excludes halogenated alkanes) is 2. The molecular weight excluding hydrogens is 252 g/mol. The van der Waals surface area contributed by atoms with Gasteiger partial charge in [0.05, 0.1) is 6.61 Å². The topological polar surface area (TPSA) is 41.6 Å². The number of ether oxygens (including phenoxy) is 1. The van der Waals surface area contributed by atoms with Gasteiger partial charge < -0.3 is 15.0 Å². The Morgan fingerprint density at radius 2 is 2.17 bits per heavy atom. The van der Waals surface area contributed by atoms with E-state index < -0.39 is 0 Å². The third kappa shape index (κ3) is 5.55. The van der Waals surface area contributed by atoms with Gasteiger partial charge in [-0.2, -0.15) is 0 Å². The van der Waals surface area contributed by atoms with Gasteiger partial charge >= 0.3 is 0 Å². The van der Waals surface area contributed by atoms with Gasteiger partial charge in [0, 0.05) is 25.7 Å². The maximum atomic E-state index is 12.3. The van der Waals surface area contributed by atoms with Crippen LogP contribution in [0.2, 0.25) is 0 Å². The Morgan fingerprint density at radius 1 is 1.44 bits per heavy atom. The van der Waals surface area contributed by atoms with Crippen LogP contribution in [0.3, 0.4) is 0 Å². The number of carbonyl (C=O) groups is 1. The van der Waals surface area contributed by atoms with Gasteiger partial charge in [-0.25, -0.2) is 0 Å². The summed E-state index contributed by atoms with van der Waals surface area (Å²) in [6.45, 7) is 9.30. The normalized spacial score (nSPS) is 19.4. The Labute approximate surface area is 117 Å². The number of halogens is 1. The molecule has 0 aliphatic carbocycles. The average molecular weight is 279 g/mol. The SMILES string of the molecule is CCCCCN(C(=O)C1CNCCO1)C(C)C.Cl. The van der Waals surface area contributed by atoms with Gasteiger partial charge in [-0.3, -0.25) is 4.79 Å². The summed E-state index contributed by atoms with van der Waals surface area (Å²) in [6, 6.07) is 0.255. The molecule has 1 unspecified atom stereocenters. The first-order valence-corrected chi connectivity index (χ1v) is 6.79. The summed E-state index contributed by atoms with van der Waals surface area (Å²) >= 11 is 0. The van der Waals surface area contributed by atoms with Gasteiger partial charge in [0.25, 0.3) is 5.91 Å². The molecule has 1 N–H and O–H groups in total. The van der Waals surface area contributed by atoms with Crippen LogP contribution in [0.4, 0.5) is 0 Å². The fourth-order valence-corrected chi connectivity index (χ4v) is 2.06. The van der Waals surface area contributed by atoms with Crippen molar-refractivity contribution in [1.29, 1.82) is 0 Å². The van der Waals surface area contributed by atoms with E-state index >= 15 is 0 Å². The second-order valence-electron chi connectivity index (χ2n) is 4.90. The summed E-state index contributed by atoms with van der Waals surface area (Å²) in [5.41, 5.74) is 0. The van der Waals surface area contributed by atoms with Gasteiger partial charge in [0.1, 0.15) is 6.10 Å². The fourth-order valence-electron chi connectivity index (χ4n) is 2.06. The minimum atomic E-state index is -0.284. The summed E-state index contributed by atoms with van der Waals surface area (Å²) in [7, 11) is 0. The zero-order valence-electron chi connectivity index (χ0n) is 11.8. The van der Waals surface area contributed by atoms with E-state index in [9.17, 15) is 4.79 Å². The standard InChI is InChI=1S/C13H26N2O2.ClH/c1-4-5-6-8-15(11(2)3)13(16)12-10-14-7-9-17-12;/h11-12,14H,4-10H2,1-3H3;1H. The van der Waals surface area contributed by atoms with E-state index in [4.69, 9.17) is 4.74 Å². The molecule has 1 aliphatic heterocycles. The highest BCUT2D eigenvalue weighted by atomic mass is 35.5. The third-order valence-corrected chi connectivity index (χ3v) is 3.11. The largest absolute Gasteiger partial charge is 0.366 e. The third-order valence-electron chi connectivity index (χ3n) is 3.11. The highest BCUT2D eigenvalue weighted by Gasteiger charge is 2.27. The van der Waals surface area contributed by atoms with E-state index in [0.717, 1.165) is 19.5 Å². The van der Waals surface area contributed by atoms with Crippen molar-refractivity contribution in [2.45, 2.75) is 52.2 Å². The van der Waals surface area contributed by atoms with Crippen LogP contribution < -0.4 is 5.32 Å². The molecule has 18 heavy (non-hydrogen) atoms. The highest BCUT2D eigenvalue weighted by molar-refractivity contribution is 5.85. The molecule has 1 fully saturated rings. The van der Waals surface area contributed by atoms with Crippen LogP contribution in [0.15, 0.2) is 0 Å². The lowest BCUT2D eigenvalue weighted by molar-refractivity contribution is -0.147. The van der Waals surface area contributed by atoms with Crippen molar-refractivity contribution in [3.8, 4) is 0 Å². The van der Waals surface area contributed by atoms with Crippen LogP contribution in [0.5, 0.6) is 0 Å². The predicted octanol–water partition coefficient (Wildman–Crippen LogP) is 1.82. The Bertz CT molecular complexity index is 231. The molecule has 0 saturated carbocycles. The first-order valence-electron chi connectivity index (χ1n) is 6.79. The summed E-state index contributed by atoms with van der Waals surface area (Å²) in [4.78, 5) is 14.2. The lowest BCUT2D eigenvalue weighted by atomic mass is 10.2. The first kappa shape index (κ1) is 17.7. The van der Waals surface area contributed by atoms with Crippen molar-refractivity contribution in [2.75, 3.05) is 26.2 Å². The van der Waals surface area contributed by atoms with Gasteiger partial charge in [0.2, 0.25) is 0 Å². The van der Waals surface area contributed by atoms with Gasteiger partial charge in [0.15, 0.2) is 0 Å². The molecule has 1 atom stereocenters. The molecule has 1 amide bonds. The van der Waals surface area contributed by atoms with Crippen molar-refractivity contribution in [1.82, 2.24) is 10.2 Å². The van der Waals surface area contributed by atoms with Gasteiger partial charge in [-0.15, -0.1) is 12.4 Å². The Kier molecular flexibility index (Phi) is 9.42. The quantitative estimate of drug-likeness (QED) is 0.754. The minimum Gasteiger partial charge on any atom is -0.366 e. The van der Waals surface area contributed by atoms with Crippen LogP contribution in [0.25, 0.3) is 0 Å². The highest BCUT2D eigenvalue weighted by Crippen LogP contribution is 2.09. The predicted molar refractivity (Wildman–Crippen MR) is 76.2 cm³/mol. The zero-order chi connectivity index (χ0) is 12.7. The van der Waals surface area contributed by atoms with Crippen LogP contribution in [0, 0.1) is 0 Å². The number of hydrogen-bond acceptors (Lipinski definition) is 3. The Morgan fingerprint density at radius 3 is 2.67 bits per heavy atom. The number of amides is 1. The van der Waals surface area contributed by atoms with Crippen LogP contribution in [-0.2, 0) is 9.53 Å². The lowest BCUT2D eigenvalue weighted by Gasteiger charge is -2.32. The monoisotopic (exact) mass is 278 g/mol. The van der Waals surface area contributed by atoms with Crippen molar-refractivity contribution in [2.24, 2.45) is 0 Å². The molecule has 1 aliphatic rings. The molecule has 1 heterocycles. The van der Waals surface area contributed by atoms with E-state index in [1.807, 2.05) is 4.90 Å². The Balaban J connectivity index is 0.00000289. The van der Waals surface area contributed by atoms with Crippen LogP contribution in [0.1, 0.15) is 40.0 Å². The molecular formula is C13H27ClN2O2. The second-order valence-corrected chi connectivity index (χ2v) is 4.90. The number of hydrogen-bond donors (Lipinski definition) is 1. The maximum Gasteiger partial charge on any atom is 0.253 e. The summed E-state index contributed by atoms with van der Waals surface area (Å²) in [5, 5.41) is 3.20. The van der Waals surface area contributed by atoms with Crippen LogP contribution in [-0.4, -0.2) is 49.2 Å². The molecule has 0 spiro atoms. The Hall–Kier alpha value is -0.320. The van der Waals surface area contributed by atoms with Gasteiger partial charge in [-0.05, 0) is 20.3 Å². The number of nitrogens with one attached hydrogen (secondary N) is 1. The molecule has 1 rings (SSSR count). The van der Waals surface area contributed by atoms with E-state index in [-0.39, 0.29) is 30.5 Å². The van der Waals surface area contributed by atoms with E-state index in [1.54, 1.807) is 0 Å².